The van der Waals surface area contributed by atoms with E-state index in [4.69, 9.17) is 10.3 Å². The molecule has 0 saturated carbocycles. The van der Waals surface area contributed by atoms with Crippen molar-refractivity contribution in [3.63, 3.8) is 0 Å². The molecule has 106 valence electrons. The van der Waals surface area contributed by atoms with Gasteiger partial charge in [0, 0.05) is 16.2 Å². The summed E-state index contributed by atoms with van der Waals surface area (Å²) >= 11 is 1.92. The first-order valence-corrected chi connectivity index (χ1v) is 7.61. The van der Waals surface area contributed by atoms with Crippen LogP contribution in [0.2, 0.25) is 0 Å². The van der Waals surface area contributed by atoms with Gasteiger partial charge in [-0.3, -0.25) is 0 Å². The standard InChI is InChI=1S/C14H18N4OS/c1-9-10(2)20-12-6-4-3-5-11(12)18(9)8-13-16-14(7-15)19-17-13/h3-6,9-10H,7-8,15H2,1-2H3. The largest absolute Gasteiger partial charge is 0.359 e. The van der Waals surface area contributed by atoms with Crippen molar-refractivity contribution in [2.24, 2.45) is 5.73 Å². The molecule has 0 bridgehead atoms. The van der Waals surface area contributed by atoms with E-state index in [1.165, 1.54) is 10.6 Å². The first-order chi connectivity index (χ1) is 9.69. The van der Waals surface area contributed by atoms with Crippen molar-refractivity contribution in [2.75, 3.05) is 4.90 Å². The lowest BCUT2D eigenvalue weighted by Crippen LogP contribution is -2.41. The molecule has 0 amide bonds. The molecule has 1 aliphatic heterocycles. The molecule has 2 heterocycles. The predicted molar refractivity (Wildman–Crippen MR) is 79.6 cm³/mol. The zero-order valence-electron chi connectivity index (χ0n) is 11.6. The van der Waals surface area contributed by atoms with Crippen LogP contribution in [0.1, 0.15) is 25.6 Å². The van der Waals surface area contributed by atoms with Crippen molar-refractivity contribution in [1.82, 2.24) is 10.1 Å². The Morgan fingerprint density at radius 3 is 2.90 bits per heavy atom. The highest BCUT2D eigenvalue weighted by Gasteiger charge is 2.29. The lowest BCUT2D eigenvalue weighted by molar-refractivity contribution is 0.373. The minimum atomic E-state index is 0.283. The van der Waals surface area contributed by atoms with Gasteiger partial charge in [0.2, 0.25) is 5.89 Å². The molecule has 1 aromatic carbocycles. The molecule has 1 aromatic heterocycles. The third-order valence-corrected chi connectivity index (χ3v) is 5.02. The number of anilines is 1. The van der Waals surface area contributed by atoms with E-state index in [0.717, 1.165) is 0 Å². The molecule has 6 heteroatoms. The number of benzene rings is 1. The molecule has 0 fully saturated rings. The van der Waals surface area contributed by atoms with Crippen molar-refractivity contribution in [1.29, 1.82) is 0 Å². The fraction of sp³-hybridized carbons (Fsp3) is 0.429. The van der Waals surface area contributed by atoms with Crippen LogP contribution in [-0.2, 0) is 13.1 Å². The van der Waals surface area contributed by atoms with Crippen molar-refractivity contribution in [2.45, 2.75) is 43.1 Å². The Balaban J connectivity index is 1.90. The van der Waals surface area contributed by atoms with E-state index in [9.17, 15) is 0 Å². The Kier molecular flexibility index (Phi) is 3.67. The molecule has 0 aliphatic carbocycles. The van der Waals surface area contributed by atoms with Gasteiger partial charge in [0.25, 0.3) is 0 Å². The lowest BCUT2D eigenvalue weighted by atomic mass is 10.1. The molecular weight excluding hydrogens is 272 g/mol. The average molecular weight is 290 g/mol. The summed E-state index contributed by atoms with van der Waals surface area (Å²) in [6.45, 7) is 5.41. The first-order valence-electron chi connectivity index (χ1n) is 6.73. The molecule has 0 radical (unpaired) electrons. The molecule has 0 spiro atoms. The summed E-state index contributed by atoms with van der Waals surface area (Å²) in [4.78, 5) is 7.95. The molecule has 5 nitrogen and oxygen atoms in total. The molecule has 2 N–H and O–H groups in total. The fourth-order valence-corrected chi connectivity index (χ4v) is 3.59. The van der Waals surface area contributed by atoms with Gasteiger partial charge in [0.1, 0.15) is 0 Å². The first kappa shape index (κ1) is 13.5. The van der Waals surface area contributed by atoms with Gasteiger partial charge in [0.15, 0.2) is 5.82 Å². The van der Waals surface area contributed by atoms with Gasteiger partial charge in [-0.1, -0.05) is 24.2 Å². The van der Waals surface area contributed by atoms with Crippen molar-refractivity contribution < 1.29 is 4.52 Å². The summed E-state index contributed by atoms with van der Waals surface area (Å²) in [6, 6.07) is 8.87. The Morgan fingerprint density at radius 1 is 1.35 bits per heavy atom. The average Bonchev–Trinajstić information content (AvgIpc) is 2.91. The highest BCUT2D eigenvalue weighted by atomic mass is 32.2. The number of hydrogen-bond acceptors (Lipinski definition) is 6. The zero-order chi connectivity index (χ0) is 14.1. The van der Waals surface area contributed by atoms with Gasteiger partial charge < -0.3 is 15.2 Å². The van der Waals surface area contributed by atoms with E-state index < -0.39 is 0 Å². The van der Waals surface area contributed by atoms with Gasteiger partial charge in [0.05, 0.1) is 18.8 Å². The van der Waals surface area contributed by atoms with Gasteiger partial charge >= 0.3 is 0 Å². The SMILES string of the molecule is CC1Sc2ccccc2N(Cc2noc(CN)n2)C1C. The van der Waals surface area contributed by atoms with Crippen LogP contribution >= 0.6 is 11.8 Å². The number of para-hydroxylation sites is 1. The molecule has 3 rings (SSSR count). The summed E-state index contributed by atoms with van der Waals surface area (Å²) in [6.07, 6.45) is 0. The normalized spacial score (nSPS) is 21.9. The third-order valence-electron chi connectivity index (χ3n) is 3.66. The highest BCUT2D eigenvalue weighted by molar-refractivity contribution is 8.00. The Bertz CT molecular complexity index is 600. The van der Waals surface area contributed by atoms with Crippen LogP contribution in [0.25, 0.3) is 0 Å². The fourth-order valence-electron chi connectivity index (χ4n) is 2.38. The maximum absolute atomic E-state index is 5.51. The molecule has 2 aromatic rings. The second kappa shape index (κ2) is 5.46. The molecule has 0 saturated heterocycles. The number of rotatable bonds is 3. The van der Waals surface area contributed by atoms with Crippen LogP contribution < -0.4 is 10.6 Å². The summed E-state index contributed by atoms with van der Waals surface area (Å²) in [5.74, 6) is 1.17. The summed E-state index contributed by atoms with van der Waals surface area (Å²) < 4.78 is 5.09. The molecule has 20 heavy (non-hydrogen) atoms. The van der Waals surface area contributed by atoms with Gasteiger partial charge in [-0.25, -0.2) is 0 Å². The predicted octanol–water partition coefficient (Wildman–Crippen LogP) is 2.42. The van der Waals surface area contributed by atoms with Crippen molar-refractivity contribution in [3.05, 3.63) is 36.0 Å². The van der Waals surface area contributed by atoms with Crippen molar-refractivity contribution >= 4 is 17.4 Å². The maximum atomic E-state index is 5.51. The molecule has 2 unspecified atom stereocenters. The Labute approximate surface area is 122 Å². The Morgan fingerprint density at radius 2 is 2.15 bits per heavy atom. The van der Waals surface area contributed by atoms with E-state index in [1.54, 1.807) is 0 Å². The van der Waals surface area contributed by atoms with Crippen LogP contribution in [0, 0.1) is 0 Å². The van der Waals surface area contributed by atoms with E-state index in [0.29, 0.717) is 29.6 Å². The second-order valence-electron chi connectivity index (χ2n) is 4.97. The third kappa shape index (κ3) is 2.41. The number of thioether (sulfide) groups is 1. The van der Waals surface area contributed by atoms with Crippen LogP contribution in [0.4, 0.5) is 5.69 Å². The van der Waals surface area contributed by atoms with Gasteiger partial charge in [-0.15, -0.1) is 11.8 Å². The maximum Gasteiger partial charge on any atom is 0.240 e. The highest BCUT2D eigenvalue weighted by Crippen LogP contribution is 2.41. The number of hydrogen-bond donors (Lipinski definition) is 1. The van der Waals surface area contributed by atoms with Crippen molar-refractivity contribution in [3.8, 4) is 0 Å². The molecule has 2 atom stereocenters. The summed E-state index contributed by atoms with van der Waals surface area (Å²) in [7, 11) is 0. The molecular formula is C14H18N4OS. The smallest absolute Gasteiger partial charge is 0.240 e. The number of fused-ring (bicyclic) bond motifs is 1. The van der Waals surface area contributed by atoms with E-state index in [-0.39, 0.29) is 6.54 Å². The van der Waals surface area contributed by atoms with Crippen LogP contribution in [0.15, 0.2) is 33.7 Å². The monoisotopic (exact) mass is 290 g/mol. The second-order valence-corrected chi connectivity index (χ2v) is 6.39. The topological polar surface area (TPSA) is 68.2 Å². The minimum Gasteiger partial charge on any atom is -0.359 e. The summed E-state index contributed by atoms with van der Waals surface area (Å²) in [5.41, 5.74) is 6.75. The van der Waals surface area contributed by atoms with Gasteiger partial charge in [-0.2, -0.15) is 4.98 Å². The summed E-state index contributed by atoms with van der Waals surface area (Å²) in [5, 5.41) is 4.52. The number of aromatic nitrogens is 2. The van der Waals surface area contributed by atoms with E-state index in [1.807, 2.05) is 11.8 Å². The van der Waals surface area contributed by atoms with Crippen LogP contribution in [-0.4, -0.2) is 21.4 Å². The minimum absolute atomic E-state index is 0.283. The van der Waals surface area contributed by atoms with Gasteiger partial charge in [-0.05, 0) is 19.1 Å². The number of nitrogens with two attached hydrogens (primary N) is 1. The lowest BCUT2D eigenvalue weighted by Gasteiger charge is -2.39. The number of nitrogens with zero attached hydrogens (tertiary/aromatic N) is 3. The Hall–Kier alpha value is -1.53. The zero-order valence-corrected chi connectivity index (χ0v) is 12.4. The molecule has 1 aliphatic rings. The van der Waals surface area contributed by atoms with Crippen LogP contribution in [0.3, 0.4) is 0 Å². The quantitative estimate of drug-likeness (QED) is 0.936. The van der Waals surface area contributed by atoms with Crippen LogP contribution in [0.5, 0.6) is 0 Å². The van der Waals surface area contributed by atoms with E-state index in [2.05, 4.69) is 53.2 Å². The van der Waals surface area contributed by atoms with E-state index >= 15 is 0 Å².